The van der Waals surface area contributed by atoms with Crippen molar-refractivity contribution in [3.8, 4) is 33.6 Å². The summed E-state index contributed by atoms with van der Waals surface area (Å²) in [4.78, 5) is 10.0. The molecule has 1 unspecified atom stereocenters. The molecule has 135 heavy (non-hydrogen) atoms. The molecule has 7 heteroatoms. The molecule has 0 saturated carbocycles. The van der Waals surface area contributed by atoms with Gasteiger partial charge >= 0.3 is 0 Å². The van der Waals surface area contributed by atoms with E-state index in [2.05, 4.69) is 485 Å². The summed E-state index contributed by atoms with van der Waals surface area (Å²) in [6.45, 7) is 4.63. The minimum Gasteiger partial charge on any atom is -0.313 e. The Morgan fingerprint density at radius 2 is 0.733 bits per heavy atom. The SMILES string of the molecule is Cc1ccc(N(c2ccc3c(c2)c2cc(-c4cccc(N5c6ccccc6C6(C7=C(C8=CC=CCC8(C)C(N(c8ccc(F)cc8)c8ccc9c(c8)c8ccccc8n9-c8ccccc8)=C7)c7c6ccc6ccccc76)c6ccccc65)c4)ccc2n3-c2ccccc2)c2cc3c(c4ccccc24)-c2c(ccc4ccccc24)C32c3ccccc3N(c3ccccc3)c3ccccc32)cc1. The zero-order valence-corrected chi connectivity index (χ0v) is 74.2. The van der Waals surface area contributed by atoms with Gasteiger partial charge in [0, 0.05) is 83.5 Å². The first kappa shape index (κ1) is 76.7. The third-order valence-corrected chi connectivity index (χ3v) is 30.4. The average molecular weight is 1730 g/mol. The largest absolute Gasteiger partial charge is 0.313 e. The number of allylic oxidation sites excluding steroid dienone is 7. The van der Waals surface area contributed by atoms with Crippen molar-refractivity contribution in [3.05, 3.63) is 540 Å². The summed E-state index contributed by atoms with van der Waals surface area (Å²) in [7, 11) is 0. The number of hydrogen-bond donors (Lipinski definition) is 0. The number of hydrogen-bond acceptors (Lipinski definition) is 4. The van der Waals surface area contributed by atoms with Crippen LogP contribution in [0.15, 0.2) is 484 Å². The molecule has 1 atom stereocenters. The second-order valence-corrected chi connectivity index (χ2v) is 37.2. The Labute approximate surface area is 781 Å². The molecular weight excluding hydrogens is 1640 g/mol. The molecule has 2 aromatic heterocycles. The lowest BCUT2D eigenvalue weighted by molar-refractivity contribution is 0.481. The van der Waals surface area contributed by atoms with Gasteiger partial charge in [0.2, 0.25) is 0 Å². The molecule has 4 heterocycles. The number of rotatable bonds is 11. The van der Waals surface area contributed by atoms with Crippen LogP contribution in [0.4, 0.5) is 67.0 Å². The summed E-state index contributed by atoms with van der Waals surface area (Å²) in [5.74, 6) is -0.284. The zero-order valence-electron chi connectivity index (χ0n) is 74.2. The fourth-order valence-corrected chi connectivity index (χ4v) is 24.7. The van der Waals surface area contributed by atoms with Gasteiger partial charge in [-0.1, -0.05) is 297 Å². The summed E-state index contributed by atoms with van der Waals surface area (Å²) in [5.41, 5.74) is 36.8. The number of benzene rings is 20. The predicted molar refractivity (Wildman–Crippen MR) is 559 cm³/mol. The van der Waals surface area contributed by atoms with Crippen molar-refractivity contribution in [2.45, 2.75) is 31.1 Å². The highest BCUT2D eigenvalue weighted by Gasteiger charge is 2.58. The lowest BCUT2D eigenvalue weighted by atomic mass is 9.60. The molecule has 2 aliphatic heterocycles. The minimum atomic E-state index is -0.867. The molecule has 2 spiro atoms. The van der Waals surface area contributed by atoms with E-state index in [-0.39, 0.29) is 5.82 Å². The van der Waals surface area contributed by atoms with E-state index < -0.39 is 16.2 Å². The van der Waals surface area contributed by atoms with E-state index >= 15 is 4.39 Å². The molecule has 0 N–H and O–H groups in total. The molecule has 22 aromatic rings. The van der Waals surface area contributed by atoms with Gasteiger partial charge in [0.05, 0.1) is 61.3 Å². The molecule has 28 rings (SSSR count). The molecule has 20 aromatic carbocycles. The van der Waals surface area contributed by atoms with Gasteiger partial charge in [-0.25, -0.2) is 4.39 Å². The molecule has 6 aliphatic rings. The number of halogens is 1. The van der Waals surface area contributed by atoms with Crippen LogP contribution >= 0.6 is 0 Å². The van der Waals surface area contributed by atoms with Crippen molar-refractivity contribution < 1.29 is 4.39 Å². The van der Waals surface area contributed by atoms with Crippen molar-refractivity contribution in [1.29, 1.82) is 0 Å². The normalized spacial score (nSPS) is 15.5. The monoisotopic (exact) mass is 1720 g/mol. The van der Waals surface area contributed by atoms with Crippen LogP contribution in [-0.4, -0.2) is 9.13 Å². The highest BCUT2D eigenvalue weighted by Crippen LogP contribution is 2.71. The first-order valence-corrected chi connectivity index (χ1v) is 46.9. The standard InChI is InChI=1S/C128H85FN6/c1-81-56-63-90(64-57-81)130(120-79-110-124(99-45-17-16-43-97(99)120)122-95-41-14-12-31-82(95)58-69-108(122)127(110)103-46-19-24-52-116(103)134(89-38-10-5-11-39-89)117-53-25-20-47-104(117)127)93-67-72-115-102(77-93)100-76-85(60-71-113(100)133(115)88-36-8-4-9-37-88)84-33-30-40-92(75-84)135-118-54-26-21-48-105(118)128(106-49-22-27-55-119(106)135)109-70-59-83-32-13-15-42-96(83)123(109)125-107-50-28-29-74-126(107,2)121(80-111(125)128)131(91-65-61-86(129)62-66-91)94-68-73-114-101(78-94)98-44-18-23-51-112(98)132(114)87-34-6-3-7-35-87/h3-73,75-80H,74H2,1-2H3. The molecule has 0 radical (unpaired) electrons. The Morgan fingerprint density at radius 3 is 1.35 bits per heavy atom. The van der Waals surface area contributed by atoms with Crippen LogP contribution in [0.1, 0.15) is 63.4 Å². The van der Waals surface area contributed by atoms with E-state index in [1.165, 1.54) is 105 Å². The smallest absolute Gasteiger partial charge is 0.123 e. The van der Waals surface area contributed by atoms with Gasteiger partial charge in [-0.05, 0) is 307 Å². The topological polar surface area (TPSA) is 22.8 Å². The van der Waals surface area contributed by atoms with E-state index in [0.29, 0.717) is 0 Å². The van der Waals surface area contributed by atoms with Gasteiger partial charge in [-0.15, -0.1) is 0 Å². The highest BCUT2D eigenvalue weighted by atomic mass is 19.1. The van der Waals surface area contributed by atoms with Gasteiger partial charge in [0.15, 0.2) is 0 Å². The lowest BCUT2D eigenvalue weighted by Gasteiger charge is -2.48. The van der Waals surface area contributed by atoms with E-state index in [4.69, 9.17) is 0 Å². The number of para-hydroxylation sites is 8. The van der Waals surface area contributed by atoms with Crippen LogP contribution in [0.2, 0.25) is 0 Å². The van der Waals surface area contributed by atoms with Crippen molar-refractivity contribution in [1.82, 2.24) is 9.13 Å². The van der Waals surface area contributed by atoms with Crippen molar-refractivity contribution in [3.63, 3.8) is 0 Å². The maximum absolute atomic E-state index is 15.8. The molecule has 6 nitrogen and oxygen atoms in total. The number of aryl methyl sites for hydroxylation is 1. The summed E-state index contributed by atoms with van der Waals surface area (Å²) in [5, 5.41) is 11.8. The molecule has 4 aliphatic carbocycles. The minimum absolute atomic E-state index is 0.284. The van der Waals surface area contributed by atoms with E-state index in [0.717, 1.165) is 146 Å². The summed E-state index contributed by atoms with van der Waals surface area (Å²) in [6.07, 6.45) is 10.3. The third kappa shape index (κ3) is 10.8. The van der Waals surface area contributed by atoms with E-state index in [1.54, 1.807) is 12.1 Å². The predicted octanol–water partition coefficient (Wildman–Crippen LogP) is 33.6. The first-order valence-electron chi connectivity index (χ1n) is 46.9. The van der Waals surface area contributed by atoms with Crippen LogP contribution in [-0.2, 0) is 10.8 Å². The second-order valence-electron chi connectivity index (χ2n) is 37.2. The summed E-state index contributed by atoms with van der Waals surface area (Å²) in [6, 6.07) is 164. The van der Waals surface area contributed by atoms with Crippen molar-refractivity contribution in [2.75, 3.05) is 19.6 Å². The number of fused-ring (bicyclic) bond motifs is 31. The average Bonchev–Trinajstić information content (AvgIpc) is 1.51. The van der Waals surface area contributed by atoms with E-state index in [1.807, 2.05) is 12.1 Å². The maximum atomic E-state index is 15.8. The fourth-order valence-electron chi connectivity index (χ4n) is 24.7. The van der Waals surface area contributed by atoms with E-state index in [9.17, 15) is 0 Å². The molecule has 0 bridgehead atoms. The Kier molecular flexibility index (Phi) is 16.6. The number of nitrogens with zero attached hydrogens (tertiary/aromatic N) is 6. The van der Waals surface area contributed by atoms with Gasteiger partial charge in [-0.3, -0.25) is 0 Å². The van der Waals surface area contributed by atoms with Crippen LogP contribution in [0.3, 0.4) is 0 Å². The molecule has 0 saturated heterocycles. The summed E-state index contributed by atoms with van der Waals surface area (Å²) < 4.78 is 20.6. The van der Waals surface area contributed by atoms with Crippen LogP contribution in [0.25, 0.3) is 115 Å². The Hall–Kier alpha value is -17.1. The molecule has 0 amide bonds. The first-order chi connectivity index (χ1) is 66.7. The summed E-state index contributed by atoms with van der Waals surface area (Å²) >= 11 is 0. The molecule has 634 valence electrons. The number of aromatic nitrogens is 2. The van der Waals surface area contributed by atoms with Crippen LogP contribution < -0.4 is 19.6 Å². The third-order valence-electron chi connectivity index (χ3n) is 30.4. The maximum Gasteiger partial charge on any atom is 0.123 e. The van der Waals surface area contributed by atoms with Crippen LogP contribution in [0, 0.1) is 18.2 Å². The number of anilines is 11. The zero-order chi connectivity index (χ0) is 89.1. The fraction of sp³-hybridized carbons (Fsp3) is 0.0469. The van der Waals surface area contributed by atoms with Crippen molar-refractivity contribution >= 4 is 144 Å². The van der Waals surface area contributed by atoms with Crippen molar-refractivity contribution in [2.24, 2.45) is 5.41 Å². The highest BCUT2D eigenvalue weighted by molar-refractivity contribution is 6.19. The lowest BCUT2D eigenvalue weighted by Crippen LogP contribution is -2.40. The van der Waals surface area contributed by atoms with Gasteiger partial charge < -0.3 is 28.7 Å². The second kappa shape index (κ2) is 29.2. The van der Waals surface area contributed by atoms with Crippen LogP contribution in [0.5, 0.6) is 0 Å². The van der Waals surface area contributed by atoms with Gasteiger partial charge in [0.1, 0.15) is 5.82 Å². The quantitative estimate of drug-likeness (QED) is 0.129. The van der Waals surface area contributed by atoms with Gasteiger partial charge in [-0.2, -0.15) is 0 Å². The van der Waals surface area contributed by atoms with Gasteiger partial charge in [0.25, 0.3) is 0 Å². The Bertz CT molecular complexity index is 8860. The Morgan fingerprint density at radius 1 is 0.296 bits per heavy atom. The molecule has 0 fully saturated rings. The molecular formula is C128H85FN6. The Balaban J connectivity index is 0.628.